The Morgan fingerprint density at radius 2 is 1.67 bits per heavy atom. The van der Waals surface area contributed by atoms with Crippen molar-refractivity contribution in [1.82, 2.24) is 10.2 Å². The number of piperazine rings is 1. The van der Waals surface area contributed by atoms with Crippen LogP contribution in [0.25, 0.3) is 0 Å². The van der Waals surface area contributed by atoms with Crippen molar-refractivity contribution in [1.29, 1.82) is 0 Å². The number of nitrogens with zero attached hydrogens (tertiary/aromatic N) is 2. The van der Waals surface area contributed by atoms with E-state index in [1.165, 1.54) is 17.8 Å². The summed E-state index contributed by atoms with van der Waals surface area (Å²) in [5, 5.41) is 23.8. The number of ether oxygens (including phenoxy) is 1. The number of hydrogen-bond donors (Lipinski definition) is 3. The molecular weight excluding hydrogens is 385 g/mol. The Labute approximate surface area is 176 Å². The fraction of sp³-hybridized carbons (Fsp3) is 0.478. The minimum Gasteiger partial charge on any atom is -0.394 e. The highest BCUT2D eigenvalue weighted by Crippen LogP contribution is 2.27. The first-order valence-corrected chi connectivity index (χ1v) is 10.6. The number of rotatable bonds is 7. The van der Waals surface area contributed by atoms with E-state index in [9.17, 15) is 14.6 Å². The number of aliphatic hydroxyl groups excluding tert-OH is 2. The maximum atomic E-state index is 13.1. The second kappa shape index (κ2) is 9.85. The van der Waals surface area contributed by atoms with E-state index >= 15 is 0 Å². The molecule has 6 nitrogen and oxygen atoms in total. The SMILES string of the molecule is OC[C@@H]1O[C@H](CNCc2ccc(F)cc2)[C@@H](N2CCN(c3ccccc3)CC2)[C@@H]1O. The van der Waals surface area contributed by atoms with Gasteiger partial charge in [0.05, 0.1) is 18.8 Å². The van der Waals surface area contributed by atoms with Gasteiger partial charge in [0.2, 0.25) is 0 Å². The molecule has 0 amide bonds. The lowest BCUT2D eigenvalue weighted by Crippen LogP contribution is -2.57. The average molecular weight is 416 g/mol. The average Bonchev–Trinajstić information content (AvgIpc) is 3.11. The zero-order chi connectivity index (χ0) is 20.9. The third-order valence-electron chi connectivity index (χ3n) is 6.09. The van der Waals surface area contributed by atoms with Crippen molar-refractivity contribution in [2.75, 3.05) is 44.2 Å². The Morgan fingerprint density at radius 3 is 2.33 bits per heavy atom. The van der Waals surface area contributed by atoms with Gasteiger partial charge in [-0.3, -0.25) is 4.90 Å². The number of anilines is 1. The highest BCUT2D eigenvalue weighted by molar-refractivity contribution is 5.46. The van der Waals surface area contributed by atoms with Gasteiger partial charge in [0, 0.05) is 45.0 Å². The van der Waals surface area contributed by atoms with Gasteiger partial charge >= 0.3 is 0 Å². The smallest absolute Gasteiger partial charge is 0.123 e. The molecule has 2 aromatic carbocycles. The van der Waals surface area contributed by atoms with Gasteiger partial charge in [-0.2, -0.15) is 0 Å². The Morgan fingerprint density at radius 1 is 0.967 bits per heavy atom. The van der Waals surface area contributed by atoms with Crippen LogP contribution in [-0.4, -0.2) is 78.8 Å². The maximum absolute atomic E-state index is 13.1. The van der Waals surface area contributed by atoms with Gasteiger partial charge in [0.25, 0.3) is 0 Å². The molecule has 2 saturated heterocycles. The molecule has 0 aromatic heterocycles. The van der Waals surface area contributed by atoms with E-state index in [0.717, 1.165) is 31.7 Å². The topological polar surface area (TPSA) is 68.2 Å². The molecule has 2 aliphatic rings. The van der Waals surface area contributed by atoms with E-state index in [-0.39, 0.29) is 24.6 Å². The molecule has 2 aromatic rings. The highest BCUT2D eigenvalue weighted by Gasteiger charge is 2.46. The number of hydrogen-bond acceptors (Lipinski definition) is 6. The summed E-state index contributed by atoms with van der Waals surface area (Å²) in [6.45, 7) is 4.36. The van der Waals surface area contributed by atoms with Crippen LogP contribution >= 0.6 is 0 Å². The van der Waals surface area contributed by atoms with Crippen LogP contribution in [0.15, 0.2) is 54.6 Å². The maximum Gasteiger partial charge on any atom is 0.123 e. The first-order valence-electron chi connectivity index (χ1n) is 10.6. The molecule has 3 N–H and O–H groups in total. The predicted molar refractivity (Wildman–Crippen MR) is 114 cm³/mol. The molecule has 30 heavy (non-hydrogen) atoms. The normalized spacial score (nSPS) is 27.5. The van der Waals surface area contributed by atoms with Crippen LogP contribution in [0, 0.1) is 5.82 Å². The summed E-state index contributed by atoms with van der Waals surface area (Å²) < 4.78 is 19.1. The van der Waals surface area contributed by atoms with Gasteiger partial charge < -0.3 is 25.2 Å². The summed E-state index contributed by atoms with van der Waals surface area (Å²) in [5.41, 5.74) is 2.20. The molecule has 4 atom stereocenters. The van der Waals surface area contributed by atoms with E-state index in [0.29, 0.717) is 13.1 Å². The van der Waals surface area contributed by atoms with Crippen LogP contribution in [0.2, 0.25) is 0 Å². The molecule has 0 aliphatic carbocycles. The lowest BCUT2D eigenvalue weighted by Gasteiger charge is -2.41. The zero-order valence-electron chi connectivity index (χ0n) is 17.0. The summed E-state index contributed by atoms with van der Waals surface area (Å²) in [6, 6.07) is 16.6. The number of benzene rings is 2. The molecule has 2 heterocycles. The Hall–Kier alpha value is -2.03. The molecule has 0 unspecified atom stereocenters. The lowest BCUT2D eigenvalue weighted by atomic mass is 10.0. The number of aliphatic hydroxyl groups is 2. The monoisotopic (exact) mass is 415 g/mol. The van der Waals surface area contributed by atoms with Crippen molar-refractivity contribution in [3.8, 4) is 0 Å². The molecular formula is C23H30FN3O3. The van der Waals surface area contributed by atoms with Gasteiger partial charge in [-0.1, -0.05) is 30.3 Å². The summed E-state index contributed by atoms with van der Waals surface area (Å²) >= 11 is 0. The Kier molecular flexibility index (Phi) is 6.97. The second-order valence-electron chi connectivity index (χ2n) is 7.99. The standard InChI is InChI=1S/C23H30FN3O3/c24-18-8-6-17(7-9-18)14-25-15-20-22(23(29)21(16-28)30-20)27-12-10-26(11-13-27)19-4-2-1-3-5-19/h1-9,20-23,25,28-29H,10-16H2/t20-,21+,22-,23-/m1/s1. The molecule has 0 bridgehead atoms. The van der Waals surface area contributed by atoms with Crippen LogP contribution in [0.4, 0.5) is 10.1 Å². The van der Waals surface area contributed by atoms with E-state index < -0.39 is 12.2 Å². The van der Waals surface area contributed by atoms with Crippen molar-refractivity contribution in [2.24, 2.45) is 0 Å². The minimum atomic E-state index is -0.726. The molecule has 0 saturated carbocycles. The lowest BCUT2D eigenvalue weighted by molar-refractivity contribution is -0.0213. The molecule has 2 aliphatic heterocycles. The van der Waals surface area contributed by atoms with Gasteiger partial charge in [-0.15, -0.1) is 0 Å². The molecule has 0 radical (unpaired) electrons. The van der Waals surface area contributed by atoms with Crippen LogP contribution in [0.3, 0.4) is 0 Å². The van der Waals surface area contributed by atoms with Crippen LogP contribution in [0.1, 0.15) is 5.56 Å². The molecule has 162 valence electrons. The number of para-hydroxylation sites is 1. The molecule has 7 heteroatoms. The third kappa shape index (κ3) is 4.82. The molecule has 2 fully saturated rings. The summed E-state index contributed by atoms with van der Waals surface area (Å²) in [7, 11) is 0. The first-order chi connectivity index (χ1) is 14.7. The third-order valence-corrected chi connectivity index (χ3v) is 6.09. The van der Waals surface area contributed by atoms with Crippen LogP contribution < -0.4 is 10.2 Å². The van der Waals surface area contributed by atoms with Gasteiger partial charge in [-0.05, 0) is 29.8 Å². The van der Waals surface area contributed by atoms with Crippen LogP contribution in [-0.2, 0) is 11.3 Å². The van der Waals surface area contributed by atoms with Crippen molar-refractivity contribution in [3.63, 3.8) is 0 Å². The summed E-state index contributed by atoms with van der Waals surface area (Å²) in [5.74, 6) is -0.249. The summed E-state index contributed by atoms with van der Waals surface area (Å²) in [4.78, 5) is 4.63. The largest absolute Gasteiger partial charge is 0.394 e. The van der Waals surface area contributed by atoms with Gasteiger partial charge in [0.1, 0.15) is 18.0 Å². The molecule has 0 spiro atoms. The van der Waals surface area contributed by atoms with Crippen molar-refractivity contribution in [3.05, 3.63) is 66.0 Å². The van der Waals surface area contributed by atoms with E-state index in [2.05, 4.69) is 27.2 Å². The Balaban J connectivity index is 1.35. The highest BCUT2D eigenvalue weighted by atomic mass is 19.1. The Bertz CT molecular complexity index is 784. The fourth-order valence-electron chi connectivity index (χ4n) is 4.47. The van der Waals surface area contributed by atoms with E-state index in [4.69, 9.17) is 4.74 Å². The van der Waals surface area contributed by atoms with Crippen molar-refractivity contribution < 1.29 is 19.3 Å². The van der Waals surface area contributed by atoms with E-state index in [1.54, 1.807) is 12.1 Å². The second-order valence-corrected chi connectivity index (χ2v) is 7.99. The number of halogens is 1. The minimum absolute atomic E-state index is 0.166. The first kappa shape index (κ1) is 21.2. The van der Waals surface area contributed by atoms with Crippen molar-refractivity contribution in [2.45, 2.75) is 30.9 Å². The fourth-order valence-corrected chi connectivity index (χ4v) is 4.47. The predicted octanol–water partition coefficient (Wildman–Crippen LogP) is 1.23. The number of nitrogens with one attached hydrogen (secondary N) is 1. The van der Waals surface area contributed by atoms with Gasteiger partial charge in [0.15, 0.2) is 0 Å². The molecule has 4 rings (SSSR count). The van der Waals surface area contributed by atoms with Crippen molar-refractivity contribution >= 4 is 5.69 Å². The van der Waals surface area contributed by atoms with E-state index in [1.807, 2.05) is 18.2 Å². The zero-order valence-corrected chi connectivity index (χ0v) is 17.0. The summed E-state index contributed by atoms with van der Waals surface area (Å²) in [6.07, 6.45) is -1.52. The quantitative estimate of drug-likeness (QED) is 0.632. The van der Waals surface area contributed by atoms with Gasteiger partial charge in [-0.25, -0.2) is 4.39 Å². The van der Waals surface area contributed by atoms with Crippen LogP contribution in [0.5, 0.6) is 0 Å².